The van der Waals surface area contributed by atoms with Gasteiger partial charge in [-0.25, -0.2) is 13.4 Å². The molecule has 2 N–H and O–H groups in total. The number of nitrogens with two attached hydrogens (primary N) is 1. The van der Waals surface area contributed by atoms with Gasteiger partial charge in [0.25, 0.3) is 10.0 Å². The van der Waals surface area contributed by atoms with Crippen molar-refractivity contribution in [3.63, 3.8) is 0 Å². The summed E-state index contributed by atoms with van der Waals surface area (Å²) in [6.45, 7) is 2.80. The van der Waals surface area contributed by atoms with Crippen molar-refractivity contribution < 1.29 is 8.42 Å². The first-order valence-corrected chi connectivity index (χ1v) is 6.59. The summed E-state index contributed by atoms with van der Waals surface area (Å²) in [6, 6.07) is -0.0847. The van der Waals surface area contributed by atoms with Crippen LogP contribution in [0.15, 0.2) is 17.6 Å². The topological polar surface area (TPSA) is 81.2 Å². The molecule has 1 aromatic rings. The van der Waals surface area contributed by atoms with E-state index < -0.39 is 10.0 Å². The summed E-state index contributed by atoms with van der Waals surface area (Å²) in [5.41, 5.74) is 5.82. The van der Waals surface area contributed by atoms with E-state index in [9.17, 15) is 8.42 Å². The molecule has 0 amide bonds. The van der Waals surface area contributed by atoms with Crippen LogP contribution < -0.4 is 5.73 Å². The lowest BCUT2D eigenvalue weighted by Gasteiger charge is -2.13. The number of aromatic nitrogens is 2. The Bertz CT molecular complexity index is 471. The molecule has 1 aliphatic heterocycles. The maximum atomic E-state index is 12.1. The number of rotatable bonds is 2. The highest BCUT2D eigenvalue weighted by molar-refractivity contribution is 7.89. The maximum Gasteiger partial charge on any atom is 0.262 e. The summed E-state index contributed by atoms with van der Waals surface area (Å²) in [5, 5.41) is 0.0938. The molecule has 90 valence electrons. The fraction of sp³-hybridized carbons (Fsp3) is 0.667. The summed E-state index contributed by atoms with van der Waals surface area (Å²) in [7, 11) is -1.72. The number of sulfonamides is 1. The molecule has 2 heterocycles. The van der Waals surface area contributed by atoms with Gasteiger partial charge in [0.2, 0.25) is 0 Å². The smallest absolute Gasteiger partial charge is 0.262 e. The van der Waals surface area contributed by atoms with Crippen molar-refractivity contribution in [1.82, 2.24) is 13.9 Å². The van der Waals surface area contributed by atoms with E-state index in [0.29, 0.717) is 13.1 Å². The second-order valence-corrected chi connectivity index (χ2v) is 6.23. The van der Waals surface area contributed by atoms with Crippen LogP contribution in [0.4, 0.5) is 0 Å². The van der Waals surface area contributed by atoms with Crippen LogP contribution in [-0.2, 0) is 17.1 Å². The molecular formula is C9H16N4O2S. The molecule has 1 aromatic heterocycles. The lowest BCUT2D eigenvalue weighted by Crippen LogP contribution is -2.32. The molecule has 0 aromatic carbocycles. The Kier molecular flexibility index (Phi) is 2.77. The van der Waals surface area contributed by atoms with E-state index in [1.165, 1.54) is 16.8 Å². The van der Waals surface area contributed by atoms with Crippen LogP contribution >= 0.6 is 0 Å². The quantitative estimate of drug-likeness (QED) is 0.752. The molecule has 0 spiro atoms. The number of hydrogen-bond acceptors (Lipinski definition) is 4. The molecule has 0 bridgehead atoms. The predicted molar refractivity (Wildman–Crippen MR) is 59.1 cm³/mol. The molecule has 1 fully saturated rings. The Balaban J connectivity index is 2.27. The zero-order valence-corrected chi connectivity index (χ0v) is 10.2. The summed E-state index contributed by atoms with van der Waals surface area (Å²) < 4.78 is 27.3. The molecular weight excluding hydrogens is 228 g/mol. The lowest BCUT2D eigenvalue weighted by atomic mass is 10.1. The third-order valence-corrected chi connectivity index (χ3v) is 4.64. The molecule has 0 saturated carbocycles. The van der Waals surface area contributed by atoms with Crippen molar-refractivity contribution in [2.24, 2.45) is 18.7 Å². The van der Waals surface area contributed by atoms with Crippen molar-refractivity contribution in [2.45, 2.75) is 18.0 Å². The Morgan fingerprint density at radius 3 is 2.62 bits per heavy atom. The molecule has 16 heavy (non-hydrogen) atoms. The number of nitrogens with zero attached hydrogens (tertiary/aromatic N) is 3. The third kappa shape index (κ3) is 1.85. The molecule has 1 saturated heterocycles. The van der Waals surface area contributed by atoms with Gasteiger partial charge in [-0.15, -0.1) is 0 Å². The largest absolute Gasteiger partial charge is 0.339 e. The summed E-state index contributed by atoms with van der Waals surface area (Å²) >= 11 is 0. The van der Waals surface area contributed by atoms with Crippen LogP contribution in [0.25, 0.3) is 0 Å². The summed E-state index contributed by atoms with van der Waals surface area (Å²) in [6.07, 6.45) is 2.98. The molecule has 2 unspecified atom stereocenters. The molecule has 7 heteroatoms. The van der Waals surface area contributed by atoms with Crippen LogP contribution in [0.5, 0.6) is 0 Å². The van der Waals surface area contributed by atoms with Crippen LogP contribution in [0.2, 0.25) is 0 Å². The van der Waals surface area contributed by atoms with E-state index in [2.05, 4.69) is 4.98 Å². The van der Waals surface area contributed by atoms with Gasteiger partial charge < -0.3 is 10.3 Å². The molecule has 0 aliphatic carbocycles. The van der Waals surface area contributed by atoms with Gasteiger partial charge >= 0.3 is 0 Å². The SMILES string of the molecule is CC1CN(S(=O)(=O)c2cn(C)cn2)CC1N. The van der Waals surface area contributed by atoms with E-state index in [1.807, 2.05) is 6.92 Å². The van der Waals surface area contributed by atoms with E-state index in [4.69, 9.17) is 5.73 Å². The highest BCUT2D eigenvalue weighted by atomic mass is 32.2. The third-order valence-electron chi connectivity index (χ3n) is 2.92. The zero-order valence-electron chi connectivity index (χ0n) is 9.37. The second kappa shape index (κ2) is 3.83. The standard InChI is InChI=1S/C9H16N4O2S/c1-7-3-13(4-8(7)10)16(14,15)9-5-12(2)6-11-9/h5-8H,3-4,10H2,1-2H3. The van der Waals surface area contributed by atoms with Gasteiger partial charge in [0, 0.05) is 32.4 Å². The molecule has 2 atom stereocenters. The normalized spacial score (nSPS) is 27.4. The van der Waals surface area contributed by atoms with Crippen LogP contribution in [-0.4, -0.2) is 41.4 Å². The van der Waals surface area contributed by atoms with Crippen molar-refractivity contribution in [1.29, 1.82) is 0 Å². The highest BCUT2D eigenvalue weighted by Gasteiger charge is 2.36. The first kappa shape index (κ1) is 11.6. The van der Waals surface area contributed by atoms with Crippen molar-refractivity contribution in [3.8, 4) is 0 Å². The number of aryl methyl sites for hydroxylation is 1. The van der Waals surface area contributed by atoms with E-state index >= 15 is 0 Å². The van der Waals surface area contributed by atoms with Crippen molar-refractivity contribution in [2.75, 3.05) is 13.1 Å². The van der Waals surface area contributed by atoms with Crippen LogP contribution in [0.1, 0.15) is 6.92 Å². The first-order chi connectivity index (χ1) is 7.41. The van der Waals surface area contributed by atoms with Gasteiger partial charge in [0.05, 0.1) is 6.33 Å². The molecule has 1 aliphatic rings. The van der Waals surface area contributed by atoms with E-state index in [1.54, 1.807) is 11.6 Å². The second-order valence-electron chi connectivity index (χ2n) is 4.34. The fourth-order valence-corrected chi connectivity index (χ4v) is 3.34. The fourth-order valence-electron chi connectivity index (χ4n) is 1.80. The van der Waals surface area contributed by atoms with E-state index in [-0.39, 0.29) is 17.0 Å². The van der Waals surface area contributed by atoms with Gasteiger partial charge in [0.15, 0.2) is 5.03 Å². The predicted octanol–water partition coefficient (Wildman–Crippen LogP) is -0.612. The molecule has 2 rings (SSSR count). The average Bonchev–Trinajstić information content (AvgIpc) is 2.75. The highest BCUT2D eigenvalue weighted by Crippen LogP contribution is 2.22. The molecule has 6 nitrogen and oxygen atoms in total. The minimum atomic E-state index is -3.46. The number of hydrogen-bond donors (Lipinski definition) is 1. The Morgan fingerprint density at radius 2 is 2.19 bits per heavy atom. The Morgan fingerprint density at radius 1 is 1.50 bits per heavy atom. The van der Waals surface area contributed by atoms with Gasteiger partial charge in [-0.05, 0) is 5.92 Å². The van der Waals surface area contributed by atoms with Crippen molar-refractivity contribution >= 4 is 10.0 Å². The van der Waals surface area contributed by atoms with Gasteiger partial charge in [0.1, 0.15) is 0 Å². The Labute approximate surface area is 95.1 Å². The lowest BCUT2D eigenvalue weighted by molar-refractivity contribution is 0.462. The van der Waals surface area contributed by atoms with Gasteiger partial charge in [-0.2, -0.15) is 4.31 Å². The molecule has 0 radical (unpaired) electrons. The van der Waals surface area contributed by atoms with Crippen molar-refractivity contribution in [3.05, 3.63) is 12.5 Å². The minimum absolute atomic E-state index is 0.0847. The average molecular weight is 244 g/mol. The Hall–Kier alpha value is -0.920. The van der Waals surface area contributed by atoms with Gasteiger partial charge in [-0.3, -0.25) is 0 Å². The van der Waals surface area contributed by atoms with E-state index in [0.717, 1.165) is 0 Å². The maximum absolute atomic E-state index is 12.1. The summed E-state index contributed by atoms with van der Waals surface area (Å²) in [4.78, 5) is 3.87. The minimum Gasteiger partial charge on any atom is -0.339 e. The summed E-state index contributed by atoms with van der Waals surface area (Å²) in [5.74, 6) is 0.193. The van der Waals surface area contributed by atoms with Crippen LogP contribution in [0, 0.1) is 5.92 Å². The first-order valence-electron chi connectivity index (χ1n) is 5.15. The van der Waals surface area contributed by atoms with Crippen LogP contribution in [0.3, 0.4) is 0 Å². The zero-order chi connectivity index (χ0) is 11.9. The van der Waals surface area contributed by atoms with Gasteiger partial charge in [-0.1, -0.05) is 6.92 Å². The number of imidazole rings is 1. The monoisotopic (exact) mass is 244 g/mol.